The number of unbranched alkanes of at least 4 members (excludes halogenated alkanes) is 7. The van der Waals surface area contributed by atoms with E-state index in [9.17, 15) is 4.79 Å². The number of halogens is 1. The Balaban J connectivity index is 2.12. The van der Waals surface area contributed by atoms with Crippen LogP contribution in [0.1, 0.15) is 68.6 Å². The summed E-state index contributed by atoms with van der Waals surface area (Å²) in [4.78, 5) is 15.8. The molecule has 0 bridgehead atoms. The highest BCUT2D eigenvalue weighted by atomic mass is 35.5. The summed E-state index contributed by atoms with van der Waals surface area (Å²) in [6.07, 6.45) is 11.4. The summed E-state index contributed by atoms with van der Waals surface area (Å²) in [6, 6.07) is 1.50. The van der Waals surface area contributed by atoms with Crippen molar-refractivity contribution in [3.8, 4) is 0 Å². The number of anilines is 1. The maximum atomic E-state index is 11.9. The first-order chi connectivity index (χ1) is 10.1. The Hall–Kier alpha value is -1.29. The minimum Gasteiger partial charge on any atom is -0.397 e. The van der Waals surface area contributed by atoms with Crippen LogP contribution < -0.4 is 11.1 Å². The number of nitrogens with one attached hydrogen (secondary N) is 1. The number of nitrogens with zero attached hydrogens (tertiary/aromatic N) is 1. The van der Waals surface area contributed by atoms with Crippen LogP contribution in [-0.2, 0) is 0 Å². The van der Waals surface area contributed by atoms with Crippen molar-refractivity contribution in [2.75, 3.05) is 12.3 Å². The monoisotopic (exact) mass is 311 g/mol. The molecule has 118 valence electrons. The molecular formula is C16H26ClN3O. The number of carbonyl (C=O) groups is 1. The van der Waals surface area contributed by atoms with Gasteiger partial charge in [-0.2, -0.15) is 0 Å². The molecule has 1 aromatic rings. The fraction of sp³-hybridized carbons (Fsp3) is 0.625. The van der Waals surface area contributed by atoms with Crippen molar-refractivity contribution in [2.24, 2.45) is 0 Å². The Kier molecular flexibility index (Phi) is 8.83. The molecule has 1 rings (SSSR count). The lowest BCUT2D eigenvalue weighted by Crippen LogP contribution is -2.25. The minimum atomic E-state index is -0.181. The van der Waals surface area contributed by atoms with Gasteiger partial charge < -0.3 is 11.1 Å². The van der Waals surface area contributed by atoms with Crippen LogP contribution in [0.2, 0.25) is 5.15 Å². The number of hydrogen-bond donors (Lipinski definition) is 2. The van der Waals surface area contributed by atoms with Crippen molar-refractivity contribution in [1.82, 2.24) is 10.3 Å². The molecule has 5 heteroatoms. The van der Waals surface area contributed by atoms with E-state index in [0.29, 0.717) is 17.8 Å². The minimum absolute atomic E-state index is 0.181. The van der Waals surface area contributed by atoms with Crippen LogP contribution in [0.25, 0.3) is 0 Å². The molecule has 0 fully saturated rings. The third-order valence-electron chi connectivity index (χ3n) is 3.46. The largest absolute Gasteiger partial charge is 0.397 e. The third kappa shape index (κ3) is 7.32. The molecule has 1 heterocycles. The molecule has 0 atom stereocenters. The van der Waals surface area contributed by atoms with Gasteiger partial charge >= 0.3 is 0 Å². The molecule has 4 nitrogen and oxygen atoms in total. The normalized spacial score (nSPS) is 10.6. The smallest absolute Gasteiger partial charge is 0.253 e. The molecule has 0 saturated carbocycles. The summed E-state index contributed by atoms with van der Waals surface area (Å²) in [7, 11) is 0. The summed E-state index contributed by atoms with van der Waals surface area (Å²) in [6.45, 7) is 2.90. The fourth-order valence-corrected chi connectivity index (χ4v) is 2.35. The number of pyridine rings is 1. The van der Waals surface area contributed by atoms with Crippen molar-refractivity contribution >= 4 is 23.2 Å². The van der Waals surface area contributed by atoms with Crippen molar-refractivity contribution in [2.45, 2.75) is 58.3 Å². The van der Waals surface area contributed by atoms with Crippen LogP contribution >= 0.6 is 11.6 Å². The molecule has 21 heavy (non-hydrogen) atoms. The van der Waals surface area contributed by atoms with E-state index in [0.717, 1.165) is 12.8 Å². The van der Waals surface area contributed by atoms with Gasteiger partial charge in [-0.3, -0.25) is 4.79 Å². The number of aromatic nitrogens is 1. The predicted octanol–water partition coefficient (Wildman–Crippen LogP) is 4.19. The molecule has 3 N–H and O–H groups in total. The highest BCUT2D eigenvalue weighted by molar-refractivity contribution is 6.29. The first kappa shape index (κ1) is 17.8. The van der Waals surface area contributed by atoms with Gasteiger partial charge in [0.2, 0.25) is 0 Å². The van der Waals surface area contributed by atoms with Gasteiger partial charge in [-0.05, 0) is 12.5 Å². The zero-order valence-corrected chi connectivity index (χ0v) is 13.6. The Morgan fingerprint density at radius 3 is 2.48 bits per heavy atom. The number of amides is 1. The summed E-state index contributed by atoms with van der Waals surface area (Å²) in [5.74, 6) is -0.181. The van der Waals surface area contributed by atoms with Crippen LogP contribution in [0.3, 0.4) is 0 Å². The van der Waals surface area contributed by atoms with E-state index in [2.05, 4.69) is 17.2 Å². The lowest BCUT2D eigenvalue weighted by atomic mass is 10.1. The Labute approximate surface area is 132 Å². The number of hydrogen-bond acceptors (Lipinski definition) is 3. The Morgan fingerprint density at radius 1 is 1.19 bits per heavy atom. The van der Waals surface area contributed by atoms with Gasteiger partial charge in [0.05, 0.1) is 17.4 Å². The molecule has 0 radical (unpaired) electrons. The second kappa shape index (κ2) is 10.4. The number of carbonyl (C=O) groups excluding carboxylic acids is 1. The number of nitrogens with two attached hydrogens (primary N) is 1. The topological polar surface area (TPSA) is 68.0 Å². The predicted molar refractivity (Wildman–Crippen MR) is 88.6 cm³/mol. The van der Waals surface area contributed by atoms with Crippen LogP contribution in [0.4, 0.5) is 5.69 Å². The lowest BCUT2D eigenvalue weighted by molar-refractivity contribution is 0.0953. The van der Waals surface area contributed by atoms with Gasteiger partial charge in [-0.1, -0.05) is 63.5 Å². The first-order valence-corrected chi connectivity index (χ1v) is 8.22. The van der Waals surface area contributed by atoms with Crippen molar-refractivity contribution in [3.05, 3.63) is 23.0 Å². The molecule has 0 spiro atoms. The average Bonchev–Trinajstić information content (AvgIpc) is 2.48. The second-order valence-electron chi connectivity index (χ2n) is 5.33. The van der Waals surface area contributed by atoms with Gasteiger partial charge in [0.1, 0.15) is 5.15 Å². The third-order valence-corrected chi connectivity index (χ3v) is 3.67. The molecular weight excluding hydrogens is 286 g/mol. The van der Waals surface area contributed by atoms with Crippen LogP contribution in [0.5, 0.6) is 0 Å². The Bertz CT molecular complexity index is 438. The van der Waals surface area contributed by atoms with E-state index in [4.69, 9.17) is 17.3 Å². The van der Waals surface area contributed by atoms with Gasteiger partial charge in [0.25, 0.3) is 5.91 Å². The fourth-order valence-electron chi connectivity index (χ4n) is 2.19. The van der Waals surface area contributed by atoms with Gasteiger partial charge in [0, 0.05) is 6.54 Å². The first-order valence-electron chi connectivity index (χ1n) is 7.84. The van der Waals surface area contributed by atoms with Gasteiger partial charge in [0.15, 0.2) is 0 Å². The molecule has 1 amide bonds. The maximum absolute atomic E-state index is 11.9. The summed E-state index contributed by atoms with van der Waals surface area (Å²) >= 11 is 5.77. The molecule has 0 aliphatic rings. The highest BCUT2D eigenvalue weighted by Gasteiger charge is 2.10. The quantitative estimate of drug-likeness (QED) is 0.503. The van der Waals surface area contributed by atoms with E-state index < -0.39 is 0 Å². The number of rotatable bonds is 10. The van der Waals surface area contributed by atoms with E-state index in [1.165, 1.54) is 50.8 Å². The average molecular weight is 312 g/mol. The van der Waals surface area contributed by atoms with Crippen LogP contribution in [0, 0.1) is 0 Å². The van der Waals surface area contributed by atoms with E-state index >= 15 is 0 Å². The SMILES string of the molecule is CCCCCCCCCCNC(=O)c1cc(Cl)ncc1N. The van der Waals surface area contributed by atoms with Gasteiger partial charge in [-0.15, -0.1) is 0 Å². The van der Waals surface area contributed by atoms with Crippen molar-refractivity contribution in [3.63, 3.8) is 0 Å². The summed E-state index contributed by atoms with van der Waals surface area (Å²) < 4.78 is 0. The second-order valence-corrected chi connectivity index (χ2v) is 5.71. The highest BCUT2D eigenvalue weighted by Crippen LogP contribution is 2.14. The van der Waals surface area contributed by atoms with Crippen molar-refractivity contribution < 1.29 is 4.79 Å². The lowest BCUT2D eigenvalue weighted by Gasteiger charge is -2.07. The molecule has 1 aromatic heterocycles. The summed E-state index contributed by atoms with van der Waals surface area (Å²) in [5, 5.41) is 3.15. The molecule has 0 aromatic carbocycles. The molecule has 0 unspecified atom stereocenters. The molecule has 0 aliphatic heterocycles. The van der Waals surface area contributed by atoms with Crippen LogP contribution in [-0.4, -0.2) is 17.4 Å². The summed E-state index contributed by atoms with van der Waals surface area (Å²) in [5.41, 5.74) is 6.47. The van der Waals surface area contributed by atoms with Gasteiger partial charge in [-0.25, -0.2) is 4.98 Å². The molecule has 0 aliphatic carbocycles. The maximum Gasteiger partial charge on any atom is 0.253 e. The van der Waals surface area contributed by atoms with E-state index in [1.807, 2.05) is 0 Å². The zero-order valence-electron chi connectivity index (χ0n) is 12.8. The standard InChI is InChI=1S/C16H26ClN3O/c1-2-3-4-5-6-7-8-9-10-19-16(21)13-11-15(17)20-12-14(13)18/h11-12H,2-10,18H2,1H3,(H,19,21). The van der Waals surface area contributed by atoms with E-state index in [-0.39, 0.29) is 11.1 Å². The molecule has 0 saturated heterocycles. The zero-order chi connectivity index (χ0) is 15.5. The van der Waals surface area contributed by atoms with Crippen molar-refractivity contribution in [1.29, 1.82) is 0 Å². The number of nitrogen functional groups attached to an aromatic ring is 1. The van der Waals surface area contributed by atoms with E-state index in [1.54, 1.807) is 0 Å². The Morgan fingerprint density at radius 2 is 1.81 bits per heavy atom. The van der Waals surface area contributed by atoms with Crippen LogP contribution in [0.15, 0.2) is 12.3 Å².